The van der Waals surface area contributed by atoms with Crippen molar-refractivity contribution in [3.8, 4) is 6.07 Å². The number of halogens is 1. The Balaban J connectivity index is 1.65. The van der Waals surface area contributed by atoms with E-state index >= 15 is 0 Å². The molecular weight excluding hydrogens is 395 g/mol. The summed E-state index contributed by atoms with van der Waals surface area (Å²) in [6.45, 7) is 6.44. The van der Waals surface area contributed by atoms with Crippen molar-refractivity contribution in [3.63, 3.8) is 0 Å². The van der Waals surface area contributed by atoms with E-state index in [2.05, 4.69) is 16.3 Å². The zero-order chi connectivity index (χ0) is 22.4. The smallest absolute Gasteiger partial charge is 0.251 e. The molecule has 1 atom stereocenters. The minimum atomic E-state index is -0.654. The van der Waals surface area contributed by atoms with E-state index in [1.807, 2.05) is 26.0 Å². The van der Waals surface area contributed by atoms with Crippen LogP contribution in [0.4, 0.5) is 10.1 Å². The van der Waals surface area contributed by atoms with Gasteiger partial charge in [-0.15, -0.1) is 0 Å². The fraction of sp³-hybridized carbons (Fsp3) is 0.375. The first kappa shape index (κ1) is 22.3. The highest BCUT2D eigenvalue weighted by atomic mass is 19.1. The van der Waals surface area contributed by atoms with Crippen LogP contribution >= 0.6 is 0 Å². The maximum Gasteiger partial charge on any atom is 0.251 e. The molecule has 31 heavy (non-hydrogen) atoms. The van der Waals surface area contributed by atoms with Crippen molar-refractivity contribution in [2.75, 3.05) is 31.1 Å². The summed E-state index contributed by atoms with van der Waals surface area (Å²) in [7, 11) is 0. The van der Waals surface area contributed by atoms with Crippen LogP contribution < -0.4 is 10.2 Å². The maximum atomic E-state index is 13.2. The lowest BCUT2D eigenvalue weighted by Crippen LogP contribution is -2.52. The number of rotatable bonds is 5. The first-order chi connectivity index (χ1) is 14.9. The van der Waals surface area contributed by atoms with Gasteiger partial charge < -0.3 is 15.1 Å². The van der Waals surface area contributed by atoms with Crippen molar-refractivity contribution in [2.45, 2.75) is 26.3 Å². The predicted molar refractivity (Wildman–Crippen MR) is 117 cm³/mol. The van der Waals surface area contributed by atoms with Crippen LogP contribution in [-0.4, -0.2) is 48.9 Å². The van der Waals surface area contributed by atoms with Crippen LogP contribution in [0.15, 0.2) is 48.5 Å². The summed E-state index contributed by atoms with van der Waals surface area (Å²) < 4.78 is 13.1. The molecule has 1 unspecified atom stereocenters. The molecule has 0 aliphatic carbocycles. The molecule has 1 heterocycles. The van der Waals surface area contributed by atoms with Crippen molar-refractivity contribution in [1.82, 2.24) is 10.2 Å². The molecule has 2 aromatic carbocycles. The van der Waals surface area contributed by atoms with Crippen molar-refractivity contribution in [3.05, 3.63) is 65.5 Å². The zero-order valence-electron chi connectivity index (χ0n) is 17.8. The van der Waals surface area contributed by atoms with Crippen molar-refractivity contribution < 1.29 is 14.0 Å². The predicted octanol–water partition coefficient (Wildman–Crippen LogP) is 3.19. The van der Waals surface area contributed by atoms with E-state index in [0.717, 1.165) is 18.7 Å². The molecule has 1 aliphatic heterocycles. The van der Waals surface area contributed by atoms with Crippen molar-refractivity contribution >= 4 is 17.5 Å². The van der Waals surface area contributed by atoms with Crippen LogP contribution in [0.5, 0.6) is 0 Å². The summed E-state index contributed by atoms with van der Waals surface area (Å²) in [6.07, 6.45) is 0.808. The molecule has 1 saturated heterocycles. The van der Waals surface area contributed by atoms with Crippen LogP contribution in [0.25, 0.3) is 0 Å². The summed E-state index contributed by atoms with van der Waals surface area (Å²) >= 11 is 0. The van der Waals surface area contributed by atoms with E-state index in [9.17, 15) is 14.0 Å². The van der Waals surface area contributed by atoms with Gasteiger partial charge in [0.05, 0.1) is 11.6 Å². The summed E-state index contributed by atoms with van der Waals surface area (Å²) in [6, 6.07) is 14.2. The third kappa shape index (κ3) is 5.60. The molecule has 0 spiro atoms. The maximum absolute atomic E-state index is 13.2. The number of nitrogens with one attached hydrogen (secondary N) is 1. The first-order valence-electron chi connectivity index (χ1n) is 10.5. The Bertz CT molecular complexity index is 951. The molecule has 0 saturated carbocycles. The molecule has 0 aromatic heterocycles. The van der Waals surface area contributed by atoms with Crippen LogP contribution in [0.3, 0.4) is 0 Å². The largest absolute Gasteiger partial charge is 0.370 e. The van der Waals surface area contributed by atoms with E-state index < -0.39 is 11.9 Å². The number of carbonyl (C=O) groups is 2. The molecule has 3 rings (SSSR count). The average molecular weight is 423 g/mol. The number of nitriles is 1. The quantitative estimate of drug-likeness (QED) is 0.803. The summed E-state index contributed by atoms with van der Waals surface area (Å²) in [5.74, 6) is -0.993. The minimum Gasteiger partial charge on any atom is -0.370 e. The van der Waals surface area contributed by atoms with Gasteiger partial charge >= 0.3 is 0 Å². The normalized spacial score (nSPS) is 15.2. The summed E-state index contributed by atoms with van der Waals surface area (Å²) in [5.41, 5.74) is 1.97. The summed E-state index contributed by atoms with van der Waals surface area (Å²) in [4.78, 5) is 29.8. The van der Waals surface area contributed by atoms with E-state index in [4.69, 9.17) is 5.26 Å². The molecule has 1 fully saturated rings. The second-order valence-corrected chi connectivity index (χ2v) is 8.03. The van der Waals surface area contributed by atoms with E-state index in [1.165, 1.54) is 24.3 Å². The summed E-state index contributed by atoms with van der Waals surface area (Å²) in [5, 5.41) is 11.8. The molecule has 1 aliphatic rings. The number of hydrogen-bond donors (Lipinski definition) is 1. The Morgan fingerprint density at radius 2 is 1.68 bits per heavy atom. The molecule has 0 radical (unpaired) electrons. The third-order valence-electron chi connectivity index (χ3n) is 5.49. The van der Waals surface area contributed by atoms with Crippen LogP contribution in [0.1, 0.15) is 36.2 Å². The van der Waals surface area contributed by atoms with Gasteiger partial charge in [-0.25, -0.2) is 4.39 Å². The van der Waals surface area contributed by atoms with Gasteiger partial charge in [-0.05, 0) is 60.9 Å². The zero-order valence-corrected chi connectivity index (χ0v) is 17.8. The monoisotopic (exact) mass is 422 g/mol. The molecule has 0 bridgehead atoms. The van der Waals surface area contributed by atoms with E-state index in [-0.39, 0.29) is 17.7 Å². The SMILES string of the molecule is CC(C)C(NC(=O)c1ccc(F)cc1)C(=O)N1CCCN(c2ccc(C#N)cc2)CC1. The van der Waals surface area contributed by atoms with Gasteiger partial charge in [0.1, 0.15) is 11.9 Å². The van der Waals surface area contributed by atoms with Crippen molar-refractivity contribution in [2.24, 2.45) is 5.92 Å². The lowest BCUT2D eigenvalue weighted by molar-refractivity contribution is -0.134. The molecule has 1 N–H and O–H groups in total. The Morgan fingerprint density at radius 1 is 1.00 bits per heavy atom. The minimum absolute atomic E-state index is 0.0882. The Labute approximate surface area is 182 Å². The Kier molecular flexibility index (Phi) is 7.24. The Hall–Kier alpha value is -3.40. The van der Waals surface area contributed by atoms with E-state index in [1.54, 1.807) is 17.0 Å². The lowest BCUT2D eigenvalue weighted by atomic mass is 10.0. The first-order valence-corrected chi connectivity index (χ1v) is 10.5. The molecular formula is C24H27FN4O2. The van der Waals surface area contributed by atoms with Gasteiger partial charge in [-0.2, -0.15) is 5.26 Å². The second-order valence-electron chi connectivity index (χ2n) is 8.03. The Morgan fingerprint density at radius 3 is 2.29 bits per heavy atom. The highest BCUT2D eigenvalue weighted by Crippen LogP contribution is 2.18. The molecule has 2 amide bonds. The highest BCUT2D eigenvalue weighted by Gasteiger charge is 2.30. The van der Waals surface area contributed by atoms with Crippen LogP contribution in [0.2, 0.25) is 0 Å². The van der Waals surface area contributed by atoms with Gasteiger partial charge in [0, 0.05) is 37.4 Å². The number of hydrogen-bond acceptors (Lipinski definition) is 4. The van der Waals surface area contributed by atoms with Gasteiger partial charge in [0.25, 0.3) is 5.91 Å². The number of amides is 2. The van der Waals surface area contributed by atoms with Gasteiger partial charge in [-0.1, -0.05) is 13.8 Å². The van der Waals surface area contributed by atoms with Gasteiger partial charge in [0.15, 0.2) is 0 Å². The van der Waals surface area contributed by atoms with E-state index in [0.29, 0.717) is 30.8 Å². The number of carbonyl (C=O) groups excluding carboxylic acids is 2. The molecule has 6 nitrogen and oxygen atoms in total. The number of benzene rings is 2. The fourth-order valence-corrected chi connectivity index (χ4v) is 3.68. The second kappa shape index (κ2) is 10.1. The fourth-order valence-electron chi connectivity index (χ4n) is 3.68. The van der Waals surface area contributed by atoms with Gasteiger partial charge in [-0.3, -0.25) is 9.59 Å². The third-order valence-corrected chi connectivity index (χ3v) is 5.49. The van der Waals surface area contributed by atoms with Gasteiger partial charge in [0.2, 0.25) is 5.91 Å². The lowest BCUT2D eigenvalue weighted by Gasteiger charge is -2.29. The molecule has 162 valence electrons. The average Bonchev–Trinajstić information content (AvgIpc) is 3.03. The number of nitrogens with zero attached hydrogens (tertiary/aromatic N) is 3. The van der Waals surface area contributed by atoms with Crippen molar-refractivity contribution in [1.29, 1.82) is 5.26 Å². The molecule has 7 heteroatoms. The highest BCUT2D eigenvalue weighted by molar-refractivity contribution is 5.97. The van der Waals surface area contributed by atoms with Crippen LogP contribution in [0, 0.1) is 23.1 Å². The van der Waals surface area contributed by atoms with Crippen LogP contribution in [-0.2, 0) is 4.79 Å². The standard InChI is InChI=1S/C24H27FN4O2/c1-17(2)22(27-23(30)19-6-8-20(25)9-7-19)24(31)29-13-3-12-28(14-15-29)21-10-4-18(16-26)5-11-21/h4-11,17,22H,3,12-15H2,1-2H3,(H,27,30). The topological polar surface area (TPSA) is 76.4 Å². The number of anilines is 1. The molecule has 2 aromatic rings.